The quantitative estimate of drug-likeness (QED) is 0.581. The van der Waals surface area contributed by atoms with Crippen LogP contribution in [-0.2, 0) is 0 Å². The number of thiophene rings is 1. The number of carbonyl (C=O) groups is 1. The van der Waals surface area contributed by atoms with Gasteiger partial charge in [-0.2, -0.15) is 0 Å². The van der Waals surface area contributed by atoms with Crippen molar-refractivity contribution in [2.24, 2.45) is 0 Å². The lowest BCUT2D eigenvalue weighted by Crippen LogP contribution is -2.13. The SMILES string of the molecule is O=C(Nc1cccc(C#Cc2cccs2)c1)c1ccc(Br)cc1F. The minimum absolute atomic E-state index is 0.00623. The standard InChI is InChI=1S/C19H11BrFNOS/c20-14-7-9-17(18(21)12-14)19(23)22-15-4-1-3-13(11-15)6-8-16-5-2-10-24-16/h1-5,7,9-12H,(H,22,23). The summed E-state index contributed by atoms with van der Waals surface area (Å²) in [5.74, 6) is 5.04. The number of nitrogens with one attached hydrogen (secondary N) is 1. The molecule has 0 saturated heterocycles. The van der Waals surface area contributed by atoms with Crippen molar-refractivity contribution in [3.63, 3.8) is 0 Å². The largest absolute Gasteiger partial charge is 0.322 e. The summed E-state index contributed by atoms with van der Waals surface area (Å²) >= 11 is 4.74. The molecule has 0 saturated carbocycles. The zero-order valence-electron chi connectivity index (χ0n) is 12.3. The van der Waals surface area contributed by atoms with Gasteiger partial charge in [-0.1, -0.05) is 39.9 Å². The van der Waals surface area contributed by atoms with Crippen molar-refractivity contribution in [1.82, 2.24) is 0 Å². The average molecular weight is 400 g/mol. The number of halogens is 2. The second kappa shape index (κ2) is 7.43. The minimum atomic E-state index is -0.574. The Hall–Kier alpha value is -2.42. The molecule has 2 aromatic carbocycles. The van der Waals surface area contributed by atoms with E-state index in [2.05, 4.69) is 33.1 Å². The van der Waals surface area contributed by atoms with E-state index in [4.69, 9.17) is 0 Å². The van der Waals surface area contributed by atoms with Gasteiger partial charge in [-0.3, -0.25) is 4.79 Å². The molecule has 1 amide bonds. The summed E-state index contributed by atoms with van der Waals surface area (Å²) in [6, 6.07) is 15.4. The van der Waals surface area contributed by atoms with Gasteiger partial charge in [0, 0.05) is 15.7 Å². The summed E-state index contributed by atoms with van der Waals surface area (Å²) in [7, 11) is 0. The average Bonchev–Trinajstić information content (AvgIpc) is 3.06. The number of amides is 1. The Morgan fingerprint density at radius 3 is 2.71 bits per heavy atom. The molecular formula is C19H11BrFNOS. The van der Waals surface area contributed by atoms with Gasteiger partial charge in [-0.05, 0) is 47.8 Å². The van der Waals surface area contributed by atoms with E-state index in [-0.39, 0.29) is 5.56 Å². The van der Waals surface area contributed by atoms with E-state index in [1.165, 1.54) is 12.1 Å². The maximum absolute atomic E-state index is 13.8. The summed E-state index contributed by atoms with van der Waals surface area (Å²) in [6.45, 7) is 0. The van der Waals surface area contributed by atoms with Crippen LogP contribution in [0.2, 0.25) is 0 Å². The molecule has 0 radical (unpaired) electrons. The highest BCUT2D eigenvalue weighted by Crippen LogP contribution is 2.17. The van der Waals surface area contributed by atoms with Crippen LogP contribution in [-0.4, -0.2) is 5.91 Å². The van der Waals surface area contributed by atoms with Gasteiger partial charge in [-0.15, -0.1) is 11.3 Å². The van der Waals surface area contributed by atoms with E-state index < -0.39 is 11.7 Å². The van der Waals surface area contributed by atoms with Gasteiger partial charge in [-0.25, -0.2) is 4.39 Å². The van der Waals surface area contributed by atoms with E-state index >= 15 is 0 Å². The lowest BCUT2D eigenvalue weighted by molar-refractivity contribution is 0.102. The molecule has 1 aromatic heterocycles. The third-order valence-corrected chi connectivity index (χ3v) is 4.43. The van der Waals surface area contributed by atoms with Crippen LogP contribution >= 0.6 is 27.3 Å². The first-order valence-electron chi connectivity index (χ1n) is 7.04. The molecule has 24 heavy (non-hydrogen) atoms. The second-order valence-electron chi connectivity index (χ2n) is 4.89. The van der Waals surface area contributed by atoms with Crippen LogP contribution in [0.5, 0.6) is 0 Å². The normalized spacial score (nSPS) is 9.92. The molecular weight excluding hydrogens is 389 g/mol. The fourth-order valence-electron chi connectivity index (χ4n) is 2.03. The molecule has 3 rings (SSSR count). The van der Waals surface area contributed by atoms with Crippen molar-refractivity contribution >= 4 is 38.9 Å². The van der Waals surface area contributed by atoms with Gasteiger partial charge in [0.05, 0.1) is 10.4 Å². The van der Waals surface area contributed by atoms with Crippen LogP contribution in [0.4, 0.5) is 10.1 Å². The molecule has 0 bridgehead atoms. The van der Waals surface area contributed by atoms with Crippen LogP contribution in [0.1, 0.15) is 20.8 Å². The highest BCUT2D eigenvalue weighted by molar-refractivity contribution is 9.10. The second-order valence-corrected chi connectivity index (χ2v) is 6.75. The molecule has 118 valence electrons. The molecule has 0 aliphatic carbocycles. The summed E-state index contributed by atoms with van der Waals surface area (Å²) in [5.41, 5.74) is 1.34. The van der Waals surface area contributed by atoms with Crippen molar-refractivity contribution in [2.45, 2.75) is 0 Å². The van der Waals surface area contributed by atoms with Crippen molar-refractivity contribution in [3.8, 4) is 11.8 Å². The van der Waals surface area contributed by atoms with E-state index in [0.717, 1.165) is 10.4 Å². The summed E-state index contributed by atoms with van der Waals surface area (Å²) in [4.78, 5) is 13.2. The maximum Gasteiger partial charge on any atom is 0.258 e. The number of hydrogen-bond donors (Lipinski definition) is 1. The maximum atomic E-state index is 13.8. The first kappa shape index (κ1) is 16.4. The fraction of sp³-hybridized carbons (Fsp3) is 0. The molecule has 0 fully saturated rings. The van der Waals surface area contributed by atoms with Gasteiger partial charge < -0.3 is 5.32 Å². The lowest BCUT2D eigenvalue weighted by atomic mass is 10.1. The minimum Gasteiger partial charge on any atom is -0.322 e. The molecule has 0 spiro atoms. The molecule has 0 aliphatic rings. The molecule has 5 heteroatoms. The molecule has 1 N–H and O–H groups in total. The van der Waals surface area contributed by atoms with Crippen LogP contribution in [0.3, 0.4) is 0 Å². The first-order valence-corrected chi connectivity index (χ1v) is 8.71. The topological polar surface area (TPSA) is 29.1 Å². The van der Waals surface area contributed by atoms with Gasteiger partial charge in [0.2, 0.25) is 0 Å². The first-order chi connectivity index (χ1) is 11.6. The lowest BCUT2D eigenvalue weighted by Gasteiger charge is -2.07. The Morgan fingerprint density at radius 1 is 1.08 bits per heavy atom. The third kappa shape index (κ3) is 4.10. The summed E-state index contributed by atoms with van der Waals surface area (Å²) < 4.78 is 14.4. The number of carbonyl (C=O) groups excluding carboxylic acids is 1. The summed E-state index contributed by atoms with van der Waals surface area (Å²) in [5, 5.41) is 4.66. The predicted molar refractivity (Wildman–Crippen MR) is 98.8 cm³/mol. The Balaban J connectivity index is 1.78. The van der Waals surface area contributed by atoms with Gasteiger partial charge >= 0.3 is 0 Å². The Kier molecular flexibility index (Phi) is 5.09. The van der Waals surface area contributed by atoms with Crippen molar-refractivity contribution < 1.29 is 9.18 Å². The van der Waals surface area contributed by atoms with E-state index in [0.29, 0.717) is 10.2 Å². The third-order valence-electron chi connectivity index (χ3n) is 3.15. The highest BCUT2D eigenvalue weighted by Gasteiger charge is 2.12. The van der Waals surface area contributed by atoms with E-state index in [1.807, 2.05) is 23.6 Å². The van der Waals surface area contributed by atoms with Crippen LogP contribution < -0.4 is 5.32 Å². The molecule has 0 atom stereocenters. The van der Waals surface area contributed by atoms with Gasteiger partial charge in [0.25, 0.3) is 5.91 Å². The molecule has 1 heterocycles. The molecule has 2 nitrogen and oxygen atoms in total. The number of rotatable bonds is 2. The molecule has 0 unspecified atom stereocenters. The monoisotopic (exact) mass is 399 g/mol. The van der Waals surface area contributed by atoms with Crippen LogP contribution in [0.25, 0.3) is 0 Å². The number of benzene rings is 2. The van der Waals surface area contributed by atoms with Gasteiger partial charge in [0.15, 0.2) is 0 Å². The smallest absolute Gasteiger partial charge is 0.258 e. The van der Waals surface area contributed by atoms with Crippen LogP contribution in [0, 0.1) is 17.7 Å². The van der Waals surface area contributed by atoms with Gasteiger partial charge in [0.1, 0.15) is 5.82 Å². The molecule has 0 aliphatic heterocycles. The van der Waals surface area contributed by atoms with E-state index in [9.17, 15) is 9.18 Å². The Morgan fingerprint density at radius 2 is 1.96 bits per heavy atom. The summed E-state index contributed by atoms with van der Waals surface area (Å²) in [6.07, 6.45) is 0. The van der Waals surface area contributed by atoms with E-state index in [1.54, 1.807) is 35.6 Å². The highest BCUT2D eigenvalue weighted by atomic mass is 79.9. The number of anilines is 1. The van der Waals surface area contributed by atoms with Crippen molar-refractivity contribution in [3.05, 3.63) is 86.3 Å². The Bertz CT molecular complexity index is 941. The van der Waals surface area contributed by atoms with Crippen molar-refractivity contribution in [1.29, 1.82) is 0 Å². The number of hydrogen-bond acceptors (Lipinski definition) is 2. The van der Waals surface area contributed by atoms with Crippen LogP contribution in [0.15, 0.2) is 64.5 Å². The molecule has 3 aromatic rings. The zero-order valence-corrected chi connectivity index (χ0v) is 14.7. The zero-order chi connectivity index (χ0) is 16.9. The van der Waals surface area contributed by atoms with Crippen molar-refractivity contribution in [2.75, 3.05) is 5.32 Å². The predicted octanol–water partition coefficient (Wildman–Crippen LogP) is 5.30. The Labute approximate surface area is 151 Å². The fourth-order valence-corrected chi connectivity index (χ4v) is 2.93.